The Labute approximate surface area is 106 Å². The molecule has 1 aliphatic heterocycles. The smallest absolute Gasteiger partial charge is 0.246 e. The number of nitrogens with zero attached hydrogens (tertiary/aromatic N) is 3. The van der Waals surface area contributed by atoms with Crippen molar-refractivity contribution in [3.63, 3.8) is 0 Å². The molecule has 0 aliphatic carbocycles. The van der Waals surface area contributed by atoms with Crippen molar-refractivity contribution in [2.45, 2.75) is 24.3 Å². The number of hydrogen-bond acceptors (Lipinski definition) is 6. The van der Waals surface area contributed by atoms with Crippen molar-refractivity contribution in [2.24, 2.45) is 0 Å². The molecule has 0 aromatic carbocycles. The molecule has 100 valence electrons. The van der Waals surface area contributed by atoms with E-state index in [1.54, 1.807) is 0 Å². The van der Waals surface area contributed by atoms with E-state index in [9.17, 15) is 8.42 Å². The van der Waals surface area contributed by atoms with Crippen LogP contribution in [-0.2, 0) is 14.8 Å². The molecule has 0 bridgehead atoms. The van der Waals surface area contributed by atoms with Crippen molar-refractivity contribution < 1.29 is 13.2 Å². The highest BCUT2D eigenvalue weighted by Crippen LogP contribution is 2.21. The zero-order valence-corrected chi connectivity index (χ0v) is 10.9. The van der Waals surface area contributed by atoms with Crippen LogP contribution in [0.1, 0.15) is 13.3 Å². The summed E-state index contributed by atoms with van der Waals surface area (Å²) >= 11 is 0. The van der Waals surface area contributed by atoms with Crippen LogP contribution in [-0.4, -0.2) is 48.5 Å². The first-order valence-electron chi connectivity index (χ1n) is 5.73. The second-order valence-corrected chi connectivity index (χ2v) is 5.92. The van der Waals surface area contributed by atoms with Gasteiger partial charge < -0.3 is 10.5 Å². The second kappa shape index (κ2) is 5.17. The Hall–Kier alpha value is -1.25. The molecule has 0 saturated carbocycles. The summed E-state index contributed by atoms with van der Waals surface area (Å²) in [5, 5.41) is 0. The number of sulfonamides is 1. The van der Waals surface area contributed by atoms with E-state index in [-0.39, 0.29) is 16.9 Å². The first kappa shape index (κ1) is 13.2. The SMILES string of the molecule is CCC1COCCN1S(=O)(=O)c1cnc(N)nc1. The van der Waals surface area contributed by atoms with Gasteiger partial charge in [0.15, 0.2) is 0 Å². The summed E-state index contributed by atoms with van der Waals surface area (Å²) in [6.07, 6.45) is 3.18. The summed E-state index contributed by atoms with van der Waals surface area (Å²) in [4.78, 5) is 7.51. The average molecular weight is 272 g/mol. The summed E-state index contributed by atoms with van der Waals surface area (Å²) in [5.74, 6) is 0.0583. The molecule has 2 N–H and O–H groups in total. The maximum Gasteiger partial charge on any atom is 0.246 e. The number of ether oxygens (including phenoxy) is 1. The van der Waals surface area contributed by atoms with Gasteiger partial charge in [-0.15, -0.1) is 0 Å². The van der Waals surface area contributed by atoms with Gasteiger partial charge in [0, 0.05) is 12.6 Å². The maximum absolute atomic E-state index is 12.4. The third-order valence-corrected chi connectivity index (χ3v) is 4.80. The topological polar surface area (TPSA) is 98.4 Å². The summed E-state index contributed by atoms with van der Waals surface area (Å²) < 4.78 is 31.6. The largest absolute Gasteiger partial charge is 0.378 e. The van der Waals surface area contributed by atoms with Crippen LogP contribution in [0.2, 0.25) is 0 Å². The Morgan fingerprint density at radius 2 is 2.17 bits per heavy atom. The van der Waals surface area contributed by atoms with Gasteiger partial charge in [-0.3, -0.25) is 0 Å². The number of hydrogen-bond donors (Lipinski definition) is 1. The minimum absolute atomic E-state index is 0.0583. The van der Waals surface area contributed by atoms with Gasteiger partial charge in [-0.2, -0.15) is 4.31 Å². The van der Waals surface area contributed by atoms with E-state index in [0.717, 1.165) is 0 Å². The standard InChI is InChI=1S/C10H16N4O3S/c1-2-8-7-17-4-3-14(8)18(15,16)9-5-12-10(11)13-6-9/h5-6,8H,2-4,7H2,1H3,(H2,11,12,13). The van der Waals surface area contributed by atoms with Gasteiger partial charge in [0.25, 0.3) is 0 Å². The molecule has 18 heavy (non-hydrogen) atoms. The van der Waals surface area contributed by atoms with Gasteiger partial charge in [-0.05, 0) is 6.42 Å². The third kappa shape index (κ3) is 2.45. The lowest BCUT2D eigenvalue weighted by Crippen LogP contribution is -2.48. The quantitative estimate of drug-likeness (QED) is 0.822. The number of nitrogen functional groups attached to an aromatic ring is 1. The molecule has 2 rings (SSSR count). The summed E-state index contributed by atoms with van der Waals surface area (Å²) in [5.41, 5.74) is 5.35. The Morgan fingerprint density at radius 3 is 2.78 bits per heavy atom. The van der Waals surface area contributed by atoms with E-state index in [1.807, 2.05) is 6.92 Å². The van der Waals surface area contributed by atoms with Gasteiger partial charge >= 0.3 is 0 Å². The molecule has 1 saturated heterocycles. The summed E-state index contributed by atoms with van der Waals surface area (Å²) in [6, 6.07) is -0.138. The van der Waals surface area contributed by atoms with Crippen LogP contribution in [0, 0.1) is 0 Å². The van der Waals surface area contributed by atoms with Crippen LogP contribution < -0.4 is 5.73 Å². The van der Waals surface area contributed by atoms with Crippen molar-refractivity contribution in [1.82, 2.24) is 14.3 Å². The predicted molar refractivity (Wildman–Crippen MR) is 65.2 cm³/mol. The van der Waals surface area contributed by atoms with Crippen LogP contribution in [0.5, 0.6) is 0 Å². The number of aromatic nitrogens is 2. The molecule has 1 fully saturated rings. The zero-order chi connectivity index (χ0) is 13.2. The van der Waals surface area contributed by atoms with Gasteiger partial charge in [0.05, 0.1) is 25.6 Å². The zero-order valence-electron chi connectivity index (χ0n) is 10.1. The Balaban J connectivity index is 2.32. The van der Waals surface area contributed by atoms with Crippen LogP contribution in [0.4, 0.5) is 5.95 Å². The molecule has 1 atom stereocenters. The molecule has 8 heteroatoms. The van der Waals surface area contributed by atoms with Gasteiger partial charge in [-0.25, -0.2) is 18.4 Å². The van der Waals surface area contributed by atoms with Crippen molar-refractivity contribution >= 4 is 16.0 Å². The molecule has 7 nitrogen and oxygen atoms in total. The maximum atomic E-state index is 12.4. The minimum Gasteiger partial charge on any atom is -0.378 e. The Morgan fingerprint density at radius 1 is 1.50 bits per heavy atom. The fourth-order valence-electron chi connectivity index (χ4n) is 1.87. The molecule has 0 spiro atoms. The molecule has 0 radical (unpaired) electrons. The average Bonchev–Trinajstić information content (AvgIpc) is 2.39. The van der Waals surface area contributed by atoms with Gasteiger partial charge in [0.1, 0.15) is 4.90 Å². The second-order valence-electron chi connectivity index (χ2n) is 4.03. The highest BCUT2D eigenvalue weighted by Gasteiger charge is 2.33. The van der Waals surface area contributed by atoms with Crippen LogP contribution in [0.3, 0.4) is 0 Å². The normalized spacial score (nSPS) is 21.9. The Kier molecular flexibility index (Phi) is 3.79. The van der Waals surface area contributed by atoms with E-state index >= 15 is 0 Å². The van der Waals surface area contributed by atoms with Crippen molar-refractivity contribution in [1.29, 1.82) is 0 Å². The number of anilines is 1. The van der Waals surface area contributed by atoms with Crippen LogP contribution in [0.15, 0.2) is 17.3 Å². The summed E-state index contributed by atoms with van der Waals surface area (Å²) in [7, 11) is -3.57. The number of nitrogens with two attached hydrogens (primary N) is 1. The van der Waals surface area contributed by atoms with Crippen LogP contribution >= 0.6 is 0 Å². The van der Waals surface area contributed by atoms with E-state index < -0.39 is 10.0 Å². The lowest BCUT2D eigenvalue weighted by Gasteiger charge is -2.33. The van der Waals surface area contributed by atoms with Crippen molar-refractivity contribution in [2.75, 3.05) is 25.5 Å². The third-order valence-electron chi connectivity index (χ3n) is 2.90. The van der Waals surface area contributed by atoms with Crippen molar-refractivity contribution in [3.8, 4) is 0 Å². The first-order valence-corrected chi connectivity index (χ1v) is 7.17. The molecule has 1 unspecified atom stereocenters. The monoisotopic (exact) mass is 272 g/mol. The van der Waals surface area contributed by atoms with Gasteiger partial charge in [-0.1, -0.05) is 6.92 Å². The fourth-order valence-corrected chi connectivity index (χ4v) is 3.43. The fraction of sp³-hybridized carbons (Fsp3) is 0.600. The van der Waals surface area contributed by atoms with Crippen molar-refractivity contribution in [3.05, 3.63) is 12.4 Å². The lowest BCUT2D eigenvalue weighted by molar-refractivity contribution is 0.0314. The van der Waals surface area contributed by atoms with E-state index in [4.69, 9.17) is 10.5 Å². The highest BCUT2D eigenvalue weighted by atomic mass is 32.2. The van der Waals surface area contributed by atoms with E-state index in [2.05, 4.69) is 9.97 Å². The molecule has 2 heterocycles. The molecule has 1 aromatic heterocycles. The van der Waals surface area contributed by atoms with Gasteiger partial charge in [0.2, 0.25) is 16.0 Å². The Bertz CT molecular complexity index is 502. The van der Waals surface area contributed by atoms with E-state index in [1.165, 1.54) is 16.7 Å². The molecular weight excluding hydrogens is 256 g/mol. The lowest BCUT2D eigenvalue weighted by atomic mass is 10.2. The number of rotatable bonds is 3. The minimum atomic E-state index is -3.57. The van der Waals surface area contributed by atoms with E-state index in [0.29, 0.717) is 26.2 Å². The molecule has 1 aliphatic rings. The first-order chi connectivity index (χ1) is 8.55. The highest BCUT2D eigenvalue weighted by molar-refractivity contribution is 7.89. The summed E-state index contributed by atoms with van der Waals surface area (Å²) in [6.45, 7) is 3.11. The van der Waals surface area contributed by atoms with Crippen LogP contribution in [0.25, 0.3) is 0 Å². The molecule has 1 aromatic rings. The molecule has 0 amide bonds. The predicted octanol–water partition coefficient (Wildman–Crippen LogP) is -0.142. The number of morpholine rings is 1. The molecular formula is C10H16N4O3S.